The van der Waals surface area contributed by atoms with E-state index < -0.39 is 5.91 Å². The third-order valence-electron chi connectivity index (χ3n) is 3.31. The Labute approximate surface area is 144 Å². The van der Waals surface area contributed by atoms with Crippen molar-refractivity contribution in [3.8, 4) is 0 Å². The Morgan fingerprint density at radius 3 is 2.00 bits per heavy atom. The fraction of sp³-hybridized carbons (Fsp3) is 0.733. The maximum absolute atomic E-state index is 12.0. The number of primary amides is 1. The lowest BCUT2D eigenvalue weighted by Gasteiger charge is -2.23. The third-order valence-corrected chi connectivity index (χ3v) is 3.31. The van der Waals surface area contributed by atoms with Gasteiger partial charge in [0.1, 0.15) is 0 Å². The van der Waals surface area contributed by atoms with Crippen molar-refractivity contribution in [3.63, 3.8) is 0 Å². The van der Waals surface area contributed by atoms with E-state index in [9.17, 15) is 19.2 Å². The largest absolute Gasteiger partial charge is 0.368 e. The zero-order valence-corrected chi connectivity index (χ0v) is 14.7. The van der Waals surface area contributed by atoms with Crippen LogP contribution in [0.4, 0.5) is 0 Å². The van der Waals surface area contributed by atoms with E-state index in [0.717, 1.165) is 0 Å². The first-order valence-corrected chi connectivity index (χ1v) is 8.06. The second-order valence-electron chi connectivity index (χ2n) is 5.21. The summed E-state index contributed by atoms with van der Waals surface area (Å²) in [5.41, 5.74) is 1.72. The molecule has 0 saturated carbocycles. The monoisotopic (exact) mass is 345 g/mol. The van der Waals surface area contributed by atoms with Crippen LogP contribution in [0.3, 0.4) is 0 Å². The number of nitrogens with one attached hydrogen (secondary N) is 2. The van der Waals surface area contributed by atoms with Gasteiger partial charge in [0.25, 0.3) is 0 Å². The predicted octanol–water partition coefficient (Wildman–Crippen LogP) is -1.72. The zero-order chi connectivity index (χ0) is 19.2. The SMILES string of the molecule is [3H]NC(=O)CN(CCNC(=O)CN(CCNC)C(=O)CC)C(=O)CC. The molecule has 138 valence electrons. The van der Waals surface area contributed by atoms with Crippen LogP contribution in [0.5, 0.6) is 0 Å². The molecule has 9 nitrogen and oxygen atoms in total. The minimum atomic E-state index is -0.597. The van der Waals surface area contributed by atoms with Crippen molar-refractivity contribution in [2.45, 2.75) is 26.7 Å². The average molecular weight is 345 g/mol. The van der Waals surface area contributed by atoms with Gasteiger partial charge in [-0.25, -0.2) is 0 Å². The van der Waals surface area contributed by atoms with Crippen LogP contribution in [0.15, 0.2) is 0 Å². The first kappa shape index (κ1) is 19.9. The minimum Gasteiger partial charge on any atom is -0.368 e. The van der Waals surface area contributed by atoms with E-state index in [1.54, 1.807) is 26.6 Å². The molecule has 0 aromatic carbocycles. The number of nitrogens with zero attached hydrogens (tertiary/aromatic N) is 2. The van der Waals surface area contributed by atoms with Gasteiger partial charge in [-0.1, -0.05) is 13.8 Å². The summed E-state index contributed by atoms with van der Waals surface area (Å²) in [7, 11) is 1.76. The molecule has 0 spiro atoms. The highest BCUT2D eigenvalue weighted by Crippen LogP contribution is 1.95. The summed E-state index contributed by atoms with van der Waals surface area (Å²) in [6.07, 6.45) is 0.542. The lowest BCUT2D eigenvalue weighted by molar-refractivity contribution is -0.136. The van der Waals surface area contributed by atoms with Crippen LogP contribution in [0, 0.1) is 0 Å². The first-order valence-electron chi connectivity index (χ1n) is 8.56. The lowest BCUT2D eigenvalue weighted by atomic mass is 10.3. The van der Waals surface area contributed by atoms with Crippen molar-refractivity contribution >= 4 is 23.6 Å². The molecule has 0 aromatic rings. The number of amides is 4. The molecule has 0 saturated heterocycles. The smallest absolute Gasteiger partial charge is 0.239 e. The molecule has 0 fully saturated rings. The van der Waals surface area contributed by atoms with Gasteiger partial charge in [-0.2, -0.15) is 0 Å². The Hall–Kier alpha value is -2.16. The van der Waals surface area contributed by atoms with Crippen LogP contribution in [0.1, 0.15) is 26.7 Å². The maximum atomic E-state index is 12.0. The Balaban J connectivity index is 4.45. The van der Waals surface area contributed by atoms with E-state index in [1.165, 1.54) is 9.80 Å². The normalized spacial score (nSPS) is 10.5. The number of rotatable bonds is 12. The first-order chi connectivity index (χ1) is 11.9. The third kappa shape index (κ3) is 9.09. The van der Waals surface area contributed by atoms with E-state index in [0.29, 0.717) is 19.5 Å². The molecule has 4 amide bonds. The summed E-state index contributed by atoms with van der Waals surface area (Å²) >= 11 is 0. The van der Waals surface area contributed by atoms with Crippen molar-refractivity contribution < 1.29 is 20.6 Å². The predicted molar refractivity (Wildman–Crippen MR) is 89.9 cm³/mol. The number of hydrogen-bond donors (Lipinski definition) is 3. The number of carbonyl (C=O) groups is 4. The number of nitrogens with two attached hydrogens (primary N) is 1. The molecule has 4 N–H and O–H groups in total. The Bertz CT molecular complexity index is 461. The molecule has 0 aliphatic carbocycles. The summed E-state index contributed by atoms with van der Waals surface area (Å²) in [4.78, 5) is 49.6. The van der Waals surface area contributed by atoms with Crippen LogP contribution < -0.4 is 16.4 Å². The molecule has 0 rings (SSSR count). The van der Waals surface area contributed by atoms with E-state index >= 15 is 0 Å². The summed E-state index contributed by atoms with van der Waals surface area (Å²) in [6.45, 7) is 4.46. The summed E-state index contributed by atoms with van der Waals surface area (Å²) in [5.74, 6) is -1.28. The average Bonchev–Trinajstić information content (AvgIpc) is 2.62. The summed E-state index contributed by atoms with van der Waals surface area (Å²) in [5, 5.41) is 5.57. The molecule has 24 heavy (non-hydrogen) atoms. The Morgan fingerprint density at radius 1 is 0.958 bits per heavy atom. The van der Waals surface area contributed by atoms with Crippen LogP contribution in [0.25, 0.3) is 0 Å². The quantitative estimate of drug-likeness (QED) is 0.388. The van der Waals surface area contributed by atoms with Gasteiger partial charge in [0, 0.05) is 39.0 Å². The molecule has 0 radical (unpaired) electrons. The van der Waals surface area contributed by atoms with Crippen LogP contribution in [-0.4, -0.2) is 79.7 Å². The minimum absolute atomic E-state index is 0.0523. The van der Waals surface area contributed by atoms with Gasteiger partial charge >= 0.3 is 0 Å². The fourth-order valence-corrected chi connectivity index (χ4v) is 2.01. The van der Waals surface area contributed by atoms with Crippen LogP contribution >= 0.6 is 0 Å². The van der Waals surface area contributed by atoms with Crippen molar-refractivity contribution in [3.05, 3.63) is 0 Å². The molecule has 0 atom stereocenters. The van der Waals surface area contributed by atoms with Crippen LogP contribution in [0.2, 0.25) is 1.41 Å². The Kier molecular flexibility index (Phi) is 10.2. The summed E-state index contributed by atoms with van der Waals surface area (Å²) in [6, 6.07) is 0. The molecule has 0 aliphatic heterocycles. The van der Waals surface area contributed by atoms with E-state index in [4.69, 9.17) is 1.41 Å². The number of hydrogen-bond acceptors (Lipinski definition) is 5. The number of carbonyl (C=O) groups excluding carboxylic acids is 4. The molecule has 0 aromatic heterocycles. The van der Waals surface area contributed by atoms with E-state index in [2.05, 4.69) is 10.6 Å². The second-order valence-corrected chi connectivity index (χ2v) is 5.21. The zero-order valence-electron chi connectivity index (χ0n) is 15.7. The highest BCUT2D eigenvalue weighted by atomic mass is 16.2. The highest BCUT2D eigenvalue weighted by molar-refractivity contribution is 5.85. The topological polar surface area (TPSA) is 125 Å². The van der Waals surface area contributed by atoms with Gasteiger partial charge in [-0.3, -0.25) is 19.2 Å². The standard InChI is InChI=1S/C15H29N5O4/c1-4-14(23)19(10-12(16)21)9-7-18-13(22)11-20(8-6-17-3)15(24)5-2/h17H,4-11H2,1-3H3,(H2,16,21)(H,18,22)/i/hT. The fourth-order valence-electron chi connectivity index (χ4n) is 2.01. The lowest BCUT2D eigenvalue weighted by Crippen LogP contribution is -2.46. The molecule has 0 unspecified atom stereocenters. The molecular formula is C15H29N5O4. The van der Waals surface area contributed by atoms with Crippen LogP contribution in [-0.2, 0) is 19.2 Å². The molecule has 0 heterocycles. The molecule has 9 heteroatoms. The highest BCUT2D eigenvalue weighted by Gasteiger charge is 2.16. The van der Waals surface area contributed by atoms with Crippen molar-refractivity contribution in [2.75, 3.05) is 46.3 Å². The Morgan fingerprint density at radius 2 is 1.50 bits per heavy atom. The van der Waals surface area contributed by atoms with Gasteiger partial charge in [0.2, 0.25) is 23.6 Å². The van der Waals surface area contributed by atoms with Gasteiger partial charge in [0.15, 0.2) is 1.41 Å². The van der Waals surface area contributed by atoms with Gasteiger partial charge in [-0.05, 0) is 7.05 Å². The van der Waals surface area contributed by atoms with Crippen molar-refractivity contribution in [2.24, 2.45) is 5.73 Å². The molecular weight excluding hydrogens is 314 g/mol. The second kappa shape index (κ2) is 12.3. The summed E-state index contributed by atoms with van der Waals surface area (Å²) < 4.78 is 6.79. The van der Waals surface area contributed by atoms with Gasteiger partial charge < -0.3 is 26.2 Å². The molecule has 0 bridgehead atoms. The number of likely N-dealkylation sites (N-methyl/N-ethyl adjacent to an activating group) is 1. The van der Waals surface area contributed by atoms with Crippen molar-refractivity contribution in [1.82, 2.24) is 20.4 Å². The van der Waals surface area contributed by atoms with E-state index in [1.807, 2.05) is 0 Å². The van der Waals surface area contributed by atoms with Gasteiger partial charge in [0.05, 0.1) is 13.1 Å². The van der Waals surface area contributed by atoms with E-state index in [-0.39, 0.29) is 50.3 Å². The van der Waals surface area contributed by atoms with Crippen molar-refractivity contribution in [1.29, 1.82) is 0 Å². The molecule has 0 aliphatic rings. The maximum Gasteiger partial charge on any atom is 0.239 e. The van der Waals surface area contributed by atoms with Gasteiger partial charge in [-0.15, -0.1) is 0 Å².